The first kappa shape index (κ1) is 13.8. The molecule has 1 saturated heterocycles. The molecule has 0 aromatic carbocycles. The van der Waals surface area contributed by atoms with Gasteiger partial charge < -0.3 is 15.3 Å². The van der Waals surface area contributed by atoms with Crippen molar-refractivity contribution >= 4 is 12.0 Å². The Balaban J connectivity index is 2.34. The van der Waals surface area contributed by atoms with Crippen LogP contribution in [0, 0.1) is 0 Å². The minimum absolute atomic E-state index is 0.324. The molecule has 0 aliphatic carbocycles. The van der Waals surface area contributed by atoms with Gasteiger partial charge in [-0.1, -0.05) is 6.92 Å². The normalized spacial score (nSPS) is 20.2. The molecule has 1 aliphatic rings. The molecule has 0 bridgehead atoms. The predicted octanol–water partition coefficient (Wildman–Crippen LogP) is 0.197. The second kappa shape index (κ2) is 6.44. The van der Waals surface area contributed by atoms with Gasteiger partial charge >= 0.3 is 12.0 Å². The molecule has 17 heavy (non-hydrogen) atoms. The standard InChI is InChI=1S/C11H21N3O3/c1-3-14-6-4-5-9(14)8-13(2)11(17)12-7-10(15)16/h9H,3-8H2,1-2H3,(H,12,17)(H,15,16). The summed E-state index contributed by atoms with van der Waals surface area (Å²) in [6.45, 7) is 4.52. The van der Waals surface area contributed by atoms with Gasteiger partial charge in [-0.25, -0.2) is 4.79 Å². The van der Waals surface area contributed by atoms with Crippen LogP contribution in [0.1, 0.15) is 19.8 Å². The molecule has 1 aliphatic heterocycles. The van der Waals surface area contributed by atoms with Crippen LogP contribution in [0.15, 0.2) is 0 Å². The number of carbonyl (C=O) groups excluding carboxylic acids is 1. The molecule has 0 spiro atoms. The van der Waals surface area contributed by atoms with Gasteiger partial charge in [-0.15, -0.1) is 0 Å². The maximum atomic E-state index is 11.6. The highest BCUT2D eigenvalue weighted by Crippen LogP contribution is 2.17. The zero-order chi connectivity index (χ0) is 12.8. The van der Waals surface area contributed by atoms with E-state index in [4.69, 9.17) is 5.11 Å². The number of rotatable bonds is 5. The second-order valence-electron chi connectivity index (χ2n) is 4.36. The molecule has 2 N–H and O–H groups in total. The Morgan fingerprint density at radius 3 is 2.82 bits per heavy atom. The van der Waals surface area contributed by atoms with E-state index in [2.05, 4.69) is 17.1 Å². The summed E-state index contributed by atoms with van der Waals surface area (Å²) in [6.07, 6.45) is 2.27. The van der Waals surface area contributed by atoms with Crippen molar-refractivity contribution in [3.05, 3.63) is 0 Å². The first-order valence-corrected chi connectivity index (χ1v) is 5.99. The predicted molar refractivity (Wildman–Crippen MR) is 63.9 cm³/mol. The zero-order valence-electron chi connectivity index (χ0n) is 10.5. The molecule has 0 aromatic heterocycles. The highest BCUT2D eigenvalue weighted by Gasteiger charge is 2.25. The van der Waals surface area contributed by atoms with Crippen molar-refractivity contribution in [3.8, 4) is 0 Å². The summed E-state index contributed by atoms with van der Waals surface area (Å²) in [5.74, 6) is -1.03. The first-order chi connectivity index (χ1) is 8.04. The van der Waals surface area contributed by atoms with Gasteiger partial charge in [0.05, 0.1) is 0 Å². The van der Waals surface area contributed by atoms with Gasteiger partial charge in [0.1, 0.15) is 6.54 Å². The van der Waals surface area contributed by atoms with Crippen LogP contribution in [0.25, 0.3) is 0 Å². The Labute approximate surface area is 102 Å². The van der Waals surface area contributed by atoms with Gasteiger partial charge in [0.15, 0.2) is 0 Å². The third kappa shape index (κ3) is 4.22. The molecule has 1 rings (SSSR count). The van der Waals surface area contributed by atoms with Crippen LogP contribution in [0.3, 0.4) is 0 Å². The fraction of sp³-hybridized carbons (Fsp3) is 0.818. The lowest BCUT2D eigenvalue weighted by Gasteiger charge is -2.27. The van der Waals surface area contributed by atoms with E-state index in [1.54, 1.807) is 11.9 Å². The number of amides is 2. The molecule has 0 radical (unpaired) electrons. The molecule has 1 unspecified atom stereocenters. The second-order valence-corrected chi connectivity index (χ2v) is 4.36. The Kier molecular flexibility index (Phi) is 5.21. The molecule has 1 fully saturated rings. The molecule has 0 saturated carbocycles. The molecule has 1 heterocycles. The van der Waals surface area contributed by atoms with Gasteiger partial charge in [0.2, 0.25) is 0 Å². The molecule has 0 aromatic rings. The van der Waals surface area contributed by atoms with Gasteiger partial charge in [-0.2, -0.15) is 0 Å². The third-order valence-corrected chi connectivity index (χ3v) is 3.13. The number of nitrogens with zero attached hydrogens (tertiary/aromatic N) is 2. The van der Waals surface area contributed by atoms with E-state index in [0.717, 1.165) is 19.5 Å². The van der Waals surface area contributed by atoms with E-state index >= 15 is 0 Å². The lowest BCUT2D eigenvalue weighted by molar-refractivity contribution is -0.135. The Morgan fingerprint density at radius 2 is 2.24 bits per heavy atom. The van der Waals surface area contributed by atoms with Crippen molar-refractivity contribution in [1.82, 2.24) is 15.1 Å². The number of urea groups is 1. The third-order valence-electron chi connectivity index (χ3n) is 3.13. The molecule has 6 heteroatoms. The van der Waals surface area contributed by atoms with E-state index in [1.165, 1.54) is 6.42 Å². The number of carboxylic acid groups (broad SMARTS) is 1. The first-order valence-electron chi connectivity index (χ1n) is 5.99. The monoisotopic (exact) mass is 243 g/mol. The summed E-state index contributed by atoms with van der Waals surface area (Å²) < 4.78 is 0. The van der Waals surface area contributed by atoms with Gasteiger partial charge in [0.25, 0.3) is 0 Å². The van der Waals surface area contributed by atoms with Crippen LogP contribution >= 0.6 is 0 Å². The molecular formula is C11H21N3O3. The summed E-state index contributed by atoms with van der Waals surface area (Å²) in [5.41, 5.74) is 0. The summed E-state index contributed by atoms with van der Waals surface area (Å²) in [7, 11) is 1.70. The molecule has 98 valence electrons. The van der Waals surface area contributed by atoms with E-state index in [1.807, 2.05) is 0 Å². The number of likely N-dealkylation sites (tertiary alicyclic amines) is 1. The number of carbonyl (C=O) groups is 2. The van der Waals surface area contributed by atoms with Crippen LogP contribution in [0.2, 0.25) is 0 Å². The lowest BCUT2D eigenvalue weighted by Crippen LogP contribution is -2.46. The van der Waals surface area contributed by atoms with Crippen LogP contribution in [-0.4, -0.2) is 66.2 Å². The number of aliphatic carboxylic acids is 1. The number of hydrogen-bond donors (Lipinski definition) is 2. The van der Waals surface area contributed by atoms with Crippen LogP contribution in [-0.2, 0) is 4.79 Å². The average molecular weight is 243 g/mol. The van der Waals surface area contributed by atoms with Crippen molar-refractivity contribution < 1.29 is 14.7 Å². The molecular weight excluding hydrogens is 222 g/mol. The Morgan fingerprint density at radius 1 is 1.53 bits per heavy atom. The molecule has 2 amide bonds. The number of likely N-dealkylation sites (N-methyl/N-ethyl adjacent to an activating group) is 2. The van der Waals surface area contributed by atoms with E-state index in [-0.39, 0.29) is 12.6 Å². The zero-order valence-corrected chi connectivity index (χ0v) is 10.5. The van der Waals surface area contributed by atoms with Crippen LogP contribution in [0.4, 0.5) is 4.79 Å². The highest BCUT2D eigenvalue weighted by molar-refractivity contribution is 5.79. The topological polar surface area (TPSA) is 72.9 Å². The molecule has 1 atom stereocenters. The minimum Gasteiger partial charge on any atom is -0.480 e. The molecule has 6 nitrogen and oxygen atoms in total. The fourth-order valence-electron chi connectivity index (χ4n) is 2.20. The van der Waals surface area contributed by atoms with Gasteiger partial charge in [-0.05, 0) is 25.9 Å². The number of nitrogens with one attached hydrogen (secondary N) is 1. The van der Waals surface area contributed by atoms with Crippen molar-refractivity contribution in [2.75, 3.05) is 33.2 Å². The van der Waals surface area contributed by atoms with Crippen molar-refractivity contribution in [2.45, 2.75) is 25.8 Å². The van der Waals surface area contributed by atoms with E-state index in [9.17, 15) is 9.59 Å². The Hall–Kier alpha value is -1.30. The summed E-state index contributed by atoms with van der Waals surface area (Å²) in [5, 5.41) is 10.8. The van der Waals surface area contributed by atoms with Crippen LogP contribution in [0.5, 0.6) is 0 Å². The smallest absolute Gasteiger partial charge is 0.323 e. The van der Waals surface area contributed by atoms with Crippen LogP contribution < -0.4 is 5.32 Å². The lowest BCUT2D eigenvalue weighted by atomic mass is 10.2. The van der Waals surface area contributed by atoms with E-state index < -0.39 is 5.97 Å². The van der Waals surface area contributed by atoms with Crippen molar-refractivity contribution in [1.29, 1.82) is 0 Å². The summed E-state index contributed by atoms with van der Waals surface area (Å²) >= 11 is 0. The largest absolute Gasteiger partial charge is 0.480 e. The highest BCUT2D eigenvalue weighted by atomic mass is 16.4. The fourth-order valence-corrected chi connectivity index (χ4v) is 2.20. The average Bonchev–Trinajstić information content (AvgIpc) is 2.72. The summed E-state index contributed by atoms with van der Waals surface area (Å²) in [4.78, 5) is 25.8. The van der Waals surface area contributed by atoms with Crippen molar-refractivity contribution in [3.63, 3.8) is 0 Å². The van der Waals surface area contributed by atoms with Crippen molar-refractivity contribution in [2.24, 2.45) is 0 Å². The SMILES string of the molecule is CCN1CCCC1CN(C)C(=O)NCC(=O)O. The summed E-state index contributed by atoms with van der Waals surface area (Å²) in [6, 6.07) is 0.0796. The van der Waals surface area contributed by atoms with Gasteiger partial charge in [-0.3, -0.25) is 9.69 Å². The maximum Gasteiger partial charge on any atom is 0.323 e. The number of hydrogen-bond acceptors (Lipinski definition) is 3. The quantitative estimate of drug-likeness (QED) is 0.723. The Bertz CT molecular complexity index is 283. The maximum absolute atomic E-state index is 11.6. The number of carboxylic acids is 1. The van der Waals surface area contributed by atoms with E-state index in [0.29, 0.717) is 12.6 Å². The van der Waals surface area contributed by atoms with Gasteiger partial charge in [0, 0.05) is 19.6 Å². The minimum atomic E-state index is -1.03.